The molecule has 0 aliphatic heterocycles. The van der Waals surface area contributed by atoms with Gasteiger partial charge < -0.3 is 9.47 Å². The summed E-state index contributed by atoms with van der Waals surface area (Å²) in [6.45, 7) is 1.05. The molecule has 8 rings (SSSR count). The SMILES string of the molecule is O=S(=O)(O)c1cc2c(s1)-c1c(c(COCCCOCc3nn(-c4ccc(Cl)cc4Cl)c4c3Cc3cc(S(=O)(=O)O)sc3-4)nn1-c1ccc(Cl)cc1Cl)C2. The molecule has 12 nitrogen and oxygen atoms in total. The molecule has 20 heteroatoms. The minimum absolute atomic E-state index is 0.145. The van der Waals surface area contributed by atoms with Crippen LogP contribution in [0.2, 0.25) is 20.1 Å². The van der Waals surface area contributed by atoms with Crippen molar-refractivity contribution in [3.8, 4) is 32.5 Å². The van der Waals surface area contributed by atoms with Gasteiger partial charge in [-0.1, -0.05) is 46.4 Å². The average molecular weight is 875 g/mol. The molecule has 4 heterocycles. The van der Waals surface area contributed by atoms with Gasteiger partial charge in [-0.3, -0.25) is 9.11 Å². The molecule has 0 saturated heterocycles. The van der Waals surface area contributed by atoms with Gasteiger partial charge in [0.1, 0.15) is 8.42 Å². The van der Waals surface area contributed by atoms with Crippen LogP contribution < -0.4 is 0 Å². The van der Waals surface area contributed by atoms with E-state index in [1.54, 1.807) is 45.8 Å². The minimum atomic E-state index is -4.38. The van der Waals surface area contributed by atoms with Gasteiger partial charge in [0.15, 0.2) is 0 Å². The van der Waals surface area contributed by atoms with Gasteiger partial charge in [-0.25, -0.2) is 9.36 Å². The summed E-state index contributed by atoms with van der Waals surface area (Å²) < 4.78 is 81.9. The standard InChI is InChI=1S/C33H24Cl4N4O8S4/c34-18-2-4-26(22(36)12-18)40-30-20(8-16-10-28(50-32(16)30)52(42,43)44)24(38-40)14-48-6-1-7-49-15-25-21-9-17-11-29(53(45,46)47)51-33(17)31(21)41(39-25)27-5-3-19(35)13-23(27)37/h2-5,10-13H,1,6-9,14-15H2,(H,42,43,44)(H,45,46,47). The Labute approximate surface area is 330 Å². The Morgan fingerprint density at radius 1 is 0.660 bits per heavy atom. The number of hydrogen-bond donors (Lipinski definition) is 2. The van der Waals surface area contributed by atoms with Gasteiger partial charge in [-0.05, 0) is 66.1 Å². The number of ether oxygens (including phenoxy) is 2. The summed E-state index contributed by atoms with van der Waals surface area (Å²) in [5, 5.41) is 11.2. The number of fused-ring (bicyclic) bond motifs is 6. The Balaban J connectivity index is 0.955. The molecule has 2 aliphatic carbocycles. The molecule has 6 aromatic rings. The van der Waals surface area contributed by atoms with E-state index in [1.807, 2.05) is 0 Å². The van der Waals surface area contributed by atoms with E-state index in [0.717, 1.165) is 44.9 Å². The van der Waals surface area contributed by atoms with E-state index in [-0.39, 0.29) is 21.6 Å². The lowest BCUT2D eigenvalue weighted by molar-refractivity contribution is 0.0668. The molecule has 276 valence electrons. The van der Waals surface area contributed by atoms with Crippen molar-refractivity contribution < 1.29 is 35.4 Å². The van der Waals surface area contributed by atoms with E-state index in [0.29, 0.717) is 96.5 Å². The summed E-state index contributed by atoms with van der Waals surface area (Å²) in [7, 11) is -8.76. The van der Waals surface area contributed by atoms with Crippen molar-refractivity contribution in [2.45, 2.75) is 40.9 Å². The highest BCUT2D eigenvalue weighted by Crippen LogP contribution is 2.48. The monoisotopic (exact) mass is 872 g/mol. The van der Waals surface area contributed by atoms with Crippen molar-refractivity contribution in [3.05, 3.63) is 102 Å². The fourth-order valence-electron chi connectivity index (χ4n) is 6.42. The van der Waals surface area contributed by atoms with Crippen LogP contribution in [0.4, 0.5) is 0 Å². The van der Waals surface area contributed by atoms with Crippen LogP contribution in [0.1, 0.15) is 40.1 Å². The largest absolute Gasteiger partial charge is 0.375 e. The average Bonchev–Trinajstić information content (AvgIpc) is 3.89. The van der Waals surface area contributed by atoms with Crippen molar-refractivity contribution in [1.82, 2.24) is 19.6 Å². The Bertz CT molecular complexity index is 2500. The Hall–Kier alpha value is -2.84. The third-order valence-corrected chi connectivity index (χ3v) is 14.8. The van der Waals surface area contributed by atoms with Crippen LogP contribution in [0.3, 0.4) is 0 Å². The third kappa shape index (κ3) is 6.98. The van der Waals surface area contributed by atoms with Crippen LogP contribution in [0.5, 0.6) is 0 Å². The number of benzene rings is 2. The summed E-state index contributed by atoms with van der Waals surface area (Å²) in [6.07, 6.45) is 1.37. The predicted molar refractivity (Wildman–Crippen MR) is 203 cm³/mol. The molecule has 0 bridgehead atoms. The molecule has 0 spiro atoms. The van der Waals surface area contributed by atoms with Gasteiger partial charge in [0.05, 0.1) is 67.2 Å². The second kappa shape index (κ2) is 14.0. The van der Waals surface area contributed by atoms with Crippen LogP contribution in [0, 0.1) is 0 Å². The smallest absolute Gasteiger partial charge is 0.304 e. The van der Waals surface area contributed by atoms with Gasteiger partial charge >= 0.3 is 20.2 Å². The fourth-order valence-corrected chi connectivity index (χ4v) is 11.3. The van der Waals surface area contributed by atoms with Gasteiger partial charge in [0.25, 0.3) is 0 Å². The highest BCUT2D eigenvalue weighted by atomic mass is 35.5. The van der Waals surface area contributed by atoms with Crippen LogP contribution in [0.25, 0.3) is 32.5 Å². The molecule has 2 aromatic carbocycles. The number of thiophene rings is 2. The number of nitrogens with zero attached hydrogens (tertiary/aromatic N) is 4. The summed E-state index contributed by atoms with van der Waals surface area (Å²) >= 11 is 27.3. The van der Waals surface area contributed by atoms with Crippen LogP contribution in [-0.2, 0) is 55.8 Å². The summed E-state index contributed by atoms with van der Waals surface area (Å²) in [5.74, 6) is 0. The van der Waals surface area contributed by atoms with Gasteiger partial charge in [-0.15, -0.1) is 22.7 Å². The predicted octanol–water partition coefficient (Wildman–Crippen LogP) is 8.55. The van der Waals surface area contributed by atoms with Gasteiger partial charge in [-0.2, -0.15) is 27.0 Å². The van der Waals surface area contributed by atoms with Crippen molar-refractivity contribution >= 4 is 89.3 Å². The molecule has 2 aliphatic rings. The molecule has 0 unspecified atom stereocenters. The summed E-state index contributed by atoms with van der Waals surface area (Å²) in [4.78, 5) is 1.35. The van der Waals surface area contributed by atoms with Gasteiger partial charge in [0.2, 0.25) is 0 Å². The van der Waals surface area contributed by atoms with E-state index >= 15 is 0 Å². The topological polar surface area (TPSA) is 163 Å². The molecule has 0 radical (unpaired) electrons. The highest BCUT2D eigenvalue weighted by Gasteiger charge is 2.34. The van der Waals surface area contributed by atoms with Gasteiger partial charge in [0, 0.05) is 47.2 Å². The first-order valence-electron chi connectivity index (χ1n) is 15.7. The molecule has 0 fully saturated rings. The van der Waals surface area contributed by atoms with E-state index in [4.69, 9.17) is 66.1 Å². The number of hydrogen-bond acceptors (Lipinski definition) is 10. The summed E-state index contributed by atoms with van der Waals surface area (Å²) in [5.41, 5.74) is 7.06. The first-order chi connectivity index (χ1) is 25.2. The molecule has 0 atom stereocenters. The molecular weight excluding hydrogens is 850 g/mol. The molecule has 4 aromatic heterocycles. The van der Waals surface area contributed by atoms with E-state index < -0.39 is 20.2 Å². The number of halogens is 4. The van der Waals surface area contributed by atoms with Crippen molar-refractivity contribution in [1.29, 1.82) is 0 Å². The molecule has 2 N–H and O–H groups in total. The number of aromatic nitrogens is 4. The second-order valence-corrected chi connectivity index (χ2v) is 19.3. The maximum absolute atomic E-state index is 11.9. The summed E-state index contributed by atoms with van der Waals surface area (Å²) in [6, 6.07) is 13.0. The Kier molecular flexibility index (Phi) is 9.82. The normalized spacial score (nSPS) is 13.4. The molecule has 0 amide bonds. The zero-order chi connectivity index (χ0) is 37.4. The maximum atomic E-state index is 11.9. The fraction of sp³-hybridized carbons (Fsp3) is 0.212. The molecule has 0 saturated carbocycles. The van der Waals surface area contributed by atoms with Crippen molar-refractivity contribution in [2.75, 3.05) is 13.2 Å². The second-order valence-electron chi connectivity index (χ2n) is 12.2. The van der Waals surface area contributed by atoms with Crippen LogP contribution in [-0.4, -0.2) is 58.7 Å². The lowest BCUT2D eigenvalue weighted by atomic mass is 10.1. The zero-order valence-electron chi connectivity index (χ0n) is 26.8. The third-order valence-electron chi connectivity index (χ3n) is 8.71. The lowest BCUT2D eigenvalue weighted by Gasteiger charge is -2.08. The highest BCUT2D eigenvalue weighted by molar-refractivity contribution is 7.88. The Morgan fingerprint density at radius 3 is 1.45 bits per heavy atom. The van der Waals surface area contributed by atoms with Crippen molar-refractivity contribution in [3.63, 3.8) is 0 Å². The first kappa shape index (κ1) is 37.1. The zero-order valence-corrected chi connectivity index (χ0v) is 33.1. The van der Waals surface area contributed by atoms with E-state index in [9.17, 15) is 25.9 Å². The van der Waals surface area contributed by atoms with E-state index in [1.165, 1.54) is 12.1 Å². The Morgan fingerprint density at radius 2 is 1.08 bits per heavy atom. The lowest BCUT2D eigenvalue weighted by Crippen LogP contribution is -2.05. The van der Waals surface area contributed by atoms with Crippen molar-refractivity contribution in [2.24, 2.45) is 0 Å². The quantitative estimate of drug-likeness (QED) is 0.0899. The minimum Gasteiger partial charge on any atom is -0.375 e. The maximum Gasteiger partial charge on any atom is 0.304 e. The first-order valence-corrected chi connectivity index (χ1v) is 21.7. The number of rotatable bonds is 12. The van der Waals surface area contributed by atoms with Crippen LogP contribution >= 0.6 is 69.1 Å². The van der Waals surface area contributed by atoms with Crippen LogP contribution in [0.15, 0.2) is 56.9 Å². The molecule has 53 heavy (non-hydrogen) atoms. The van der Waals surface area contributed by atoms with E-state index in [2.05, 4.69) is 0 Å². The molecular formula is C33H24Cl4N4O8S4.